The van der Waals surface area contributed by atoms with Crippen LogP contribution in [0.1, 0.15) is 6.92 Å². The van der Waals surface area contributed by atoms with E-state index in [1.807, 2.05) is 43.3 Å². The van der Waals surface area contributed by atoms with Crippen molar-refractivity contribution in [1.82, 2.24) is 19.6 Å². The van der Waals surface area contributed by atoms with Crippen LogP contribution in [0.5, 0.6) is 0 Å². The van der Waals surface area contributed by atoms with Crippen molar-refractivity contribution in [3.63, 3.8) is 0 Å². The van der Waals surface area contributed by atoms with Gasteiger partial charge in [-0.2, -0.15) is 14.6 Å². The summed E-state index contributed by atoms with van der Waals surface area (Å²) in [5.74, 6) is 1.40. The number of fused-ring (bicyclic) bond motifs is 1. The van der Waals surface area contributed by atoms with E-state index >= 15 is 0 Å². The van der Waals surface area contributed by atoms with Crippen molar-refractivity contribution in [2.45, 2.75) is 6.92 Å². The molecule has 0 radical (unpaired) electrons. The van der Waals surface area contributed by atoms with Crippen molar-refractivity contribution in [3.8, 4) is 11.3 Å². The summed E-state index contributed by atoms with van der Waals surface area (Å²) < 4.78 is 7.19. The zero-order valence-electron chi connectivity index (χ0n) is 13.1. The van der Waals surface area contributed by atoms with Gasteiger partial charge in [0.1, 0.15) is 12.1 Å². The van der Waals surface area contributed by atoms with Crippen LogP contribution in [0.15, 0.2) is 54.9 Å². The van der Waals surface area contributed by atoms with E-state index in [0.717, 1.165) is 22.6 Å². The third-order valence-electron chi connectivity index (χ3n) is 3.22. The fourth-order valence-electron chi connectivity index (χ4n) is 2.19. The average molecular weight is 309 g/mol. The molecule has 0 amide bonds. The van der Waals surface area contributed by atoms with Crippen molar-refractivity contribution in [2.24, 2.45) is 0 Å². The van der Waals surface area contributed by atoms with E-state index in [1.54, 1.807) is 4.52 Å². The first kappa shape index (κ1) is 15.2. The molecule has 0 aliphatic rings. The summed E-state index contributed by atoms with van der Waals surface area (Å²) in [5.41, 5.74) is 2.91. The van der Waals surface area contributed by atoms with Crippen LogP contribution in [0.2, 0.25) is 0 Å². The molecule has 6 heteroatoms. The smallest absolute Gasteiger partial charge is 0.254 e. The van der Waals surface area contributed by atoms with Crippen molar-refractivity contribution < 1.29 is 4.74 Å². The van der Waals surface area contributed by atoms with Crippen LogP contribution in [0.4, 0.5) is 5.82 Å². The second-order valence-electron chi connectivity index (χ2n) is 5.30. The third kappa shape index (κ3) is 3.73. The van der Waals surface area contributed by atoms with Gasteiger partial charge < -0.3 is 10.1 Å². The molecule has 1 N–H and O–H groups in total. The van der Waals surface area contributed by atoms with Crippen LogP contribution < -0.4 is 5.32 Å². The molecule has 0 fully saturated rings. The molecule has 0 saturated carbocycles. The van der Waals surface area contributed by atoms with Crippen LogP contribution >= 0.6 is 0 Å². The number of hydrogen-bond donors (Lipinski definition) is 1. The first-order valence-corrected chi connectivity index (χ1v) is 7.46. The Bertz CT molecular complexity index is 797. The van der Waals surface area contributed by atoms with Gasteiger partial charge in [0.2, 0.25) is 0 Å². The molecule has 1 aromatic carbocycles. The number of rotatable bonds is 7. The standard InChI is InChI=1S/C17H19N5O/c1-13(2)11-23-9-8-18-16-10-15(14-6-4-3-5-7-14)21-17-19-12-20-22(16)17/h3-7,10,12,18H,1,8-9,11H2,2H3. The summed E-state index contributed by atoms with van der Waals surface area (Å²) >= 11 is 0. The van der Waals surface area contributed by atoms with E-state index in [2.05, 4.69) is 27.0 Å². The number of benzene rings is 1. The Morgan fingerprint density at radius 1 is 1.30 bits per heavy atom. The summed E-state index contributed by atoms with van der Waals surface area (Å²) in [7, 11) is 0. The highest BCUT2D eigenvalue weighted by Crippen LogP contribution is 2.20. The minimum atomic E-state index is 0.566. The normalized spacial score (nSPS) is 10.8. The van der Waals surface area contributed by atoms with E-state index in [1.165, 1.54) is 6.33 Å². The average Bonchev–Trinajstić information content (AvgIpc) is 3.03. The first-order valence-electron chi connectivity index (χ1n) is 7.46. The molecule has 3 aromatic rings. The van der Waals surface area contributed by atoms with Crippen molar-refractivity contribution in [3.05, 3.63) is 54.9 Å². The Balaban J connectivity index is 1.78. The molecule has 0 atom stereocenters. The van der Waals surface area contributed by atoms with Crippen molar-refractivity contribution >= 4 is 11.6 Å². The maximum absolute atomic E-state index is 5.50. The van der Waals surface area contributed by atoms with Gasteiger partial charge >= 0.3 is 0 Å². The molecular weight excluding hydrogens is 290 g/mol. The molecule has 0 aliphatic carbocycles. The number of aromatic nitrogens is 4. The van der Waals surface area contributed by atoms with Gasteiger partial charge in [0.25, 0.3) is 5.78 Å². The zero-order chi connectivity index (χ0) is 16.1. The van der Waals surface area contributed by atoms with E-state index in [4.69, 9.17) is 4.74 Å². The number of hydrogen-bond acceptors (Lipinski definition) is 5. The van der Waals surface area contributed by atoms with Gasteiger partial charge in [0.15, 0.2) is 0 Å². The fourth-order valence-corrected chi connectivity index (χ4v) is 2.19. The molecule has 23 heavy (non-hydrogen) atoms. The molecule has 0 saturated heterocycles. The minimum absolute atomic E-state index is 0.566. The quantitative estimate of drug-likeness (QED) is 0.537. The Hall–Kier alpha value is -2.73. The summed E-state index contributed by atoms with van der Waals surface area (Å²) in [6.07, 6.45) is 1.50. The molecule has 2 heterocycles. The van der Waals surface area contributed by atoms with Crippen LogP contribution in [0.3, 0.4) is 0 Å². The third-order valence-corrected chi connectivity index (χ3v) is 3.22. The SMILES string of the molecule is C=C(C)COCCNc1cc(-c2ccccc2)nc2ncnn12. The maximum Gasteiger partial charge on any atom is 0.254 e. The van der Waals surface area contributed by atoms with Crippen LogP contribution in [0, 0.1) is 0 Å². The first-order chi connectivity index (χ1) is 11.2. The second kappa shape index (κ2) is 7.02. The summed E-state index contributed by atoms with van der Waals surface area (Å²) in [4.78, 5) is 8.73. The van der Waals surface area contributed by atoms with E-state index in [0.29, 0.717) is 25.5 Å². The van der Waals surface area contributed by atoms with E-state index < -0.39 is 0 Å². The highest BCUT2D eigenvalue weighted by molar-refractivity contribution is 5.65. The van der Waals surface area contributed by atoms with Gasteiger partial charge in [0, 0.05) is 18.2 Å². The molecule has 0 unspecified atom stereocenters. The van der Waals surface area contributed by atoms with E-state index in [-0.39, 0.29) is 0 Å². The predicted molar refractivity (Wildman–Crippen MR) is 90.3 cm³/mol. The lowest BCUT2D eigenvalue weighted by Crippen LogP contribution is -2.13. The molecule has 2 aromatic heterocycles. The minimum Gasteiger partial charge on any atom is -0.375 e. The lowest BCUT2D eigenvalue weighted by molar-refractivity contribution is 0.167. The van der Waals surface area contributed by atoms with Crippen LogP contribution in [0.25, 0.3) is 17.0 Å². The fraction of sp³-hybridized carbons (Fsp3) is 0.235. The topological polar surface area (TPSA) is 64.3 Å². The summed E-state index contributed by atoms with van der Waals surface area (Å²) in [5, 5.41) is 7.53. The summed E-state index contributed by atoms with van der Waals surface area (Å²) in [6.45, 7) is 7.59. The van der Waals surface area contributed by atoms with Gasteiger partial charge in [-0.15, -0.1) is 0 Å². The van der Waals surface area contributed by atoms with E-state index in [9.17, 15) is 0 Å². The number of anilines is 1. The second-order valence-corrected chi connectivity index (χ2v) is 5.30. The van der Waals surface area contributed by atoms with Crippen molar-refractivity contribution in [1.29, 1.82) is 0 Å². The molecule has 3 rings (SSSR count). The van der Waals surface area contributed by atoms with Gasteiger partial charge in [-0.05, 0) is 6.92 Å². The number of ether oxygens (including phenoxy) is 1. The highest BCUT2D eigenvalue weighted by atomic mass is 16.5. The molecule has 0 spiro atoms. The van der Waals surface area contributed by atoms with Crippen LogP contribution in [-0.2, 0) is 4.74 Å². The molecular formula is C17H19N5O. The van der Waals surface area contributed by atoms with Gasteiger partial charge in [0.05, 0.1) is 18.9 Å². The number of nitrogens with one attached hydrogen (secondary N) is 1. The molecule has 0 aliphatic heterocycles. The summed E-state index contributed by atoms with van der Waals surface area (Å²) in [6, 6.07) is 12.0. The Kier molecular flexibility index (Phi) is 4.63. The monoisotopic (exact) mass is 309 g/mol. The number of nitrogens with zero attached hydrogens (tertiary/aromatic N) is 4. The lowest BCUT2D eigenvalue weighted by atomic mass is 10.1. The largest absolute Gasteiger partial charge is 0.375 e. The molecule has 118 valence electrons. The molecule has 0 bridgehead atoms. The highest BCUT2D eigenvalue weighted by Gasteiger charge is 2.08. The Morgan fingerprint density at radius 2 is 2.13 bits per heavy atom. The maximum atomic E-state index is 5.50. The van der Waals surface area contributed by atoms with Crippen molar-refractivity contribution in [2.75, 3.05) is 25.1 Å². The van der Waals surface area contributed by atoms with Gasteiger partial charge in [-0.25, -0.2) is 4.98 Å². The zero-order valence-corrected chi connectivity index (χ0v) is 13.1. The van der Waals surface area contributed by atoms with Gasteiger partial charge in [-0.3, -0.25) is 0 Å². The van der Waals surface area contributed by atoms with Crippen LogP contribution in [-0.4, -0.2) is 39.3 Å². The Morgan fingerprint density at radius 3 is 2.91 bits per heavy atom. The molecule has 6 nitrogen and oxygen atoms in total. The predicted octanol–water partition coefficient (Wildman–Crippen LogP) is 2.80. The Labute approximate surface area is 134 Å². The lowest BCUT2D eigenvalue weighted by Gasteiger charge is -2.10. The van der Waals surface area contributed by atoms with Gasteiger partial charge in [-0.1, -0.05) is 42.5 Å².